The van der Waals surface area contributed by atoms with Crippen LogP contribution in [0.3, 0.4) is 0 Å². The number of hydrogen-bond donors (Lipinski definition) is 4. The van der Waals surface area contributed by atoms with Crippen LogP contribution in [-0.4, -0.2) is 43.0 Å². The lowest BCUT2D eigenvalue weighted by atomic mass is 10.1. The minimum absolute atomic E-state index is 0.0568. The van der Waals surface area contributed by atoms with Gasteiger partial charge in [-0.05, 0) is 56.2 Å². The number of hydrazine groups is 1. The van der Waals surface area contributed by atoms with Crippen molar-refractivity contribution in [2.75, 3.05) is 31.5 Å². The third kappa shape index (κ3) is 6.17. The quantitative estimate of drug-likeness (QED) is 0.250. The van der Waals surface area contributed by atoms with Crippen LogP contribution in [0.2, 0.25) is 0 Å². The first-order chi connectivity index (χ1) is 13.5. The molecule has 154 valence electrons. The molecule has 1 atom stereocenters. The number of benzene rings is 1. The number of amides is 3. The second-order valence-corrected chi connectivity index (χ2v) is 7.69. The van der Waals surface area contributed by atoms with Gasteiger partial charge in [0.2, 0.25) is 5.91 Å². The fourth-order valence-electron chi connectivity index (χ4n) is 3.19. The molecule has 1 heterocycles. The summed E-state index contributed by atoms with van der Waals surface area (Å²) in [6, 6.07) is 4.96. The lowest BCUT2D eigenvalue weighted by Crippen LogP contribution is -2.35. The van der Waals surface area contributed by atoms with Crippen LogP contribution in [0.4, 0.5) is 14.9 Å². The highest BCUT2D eigenvalue weighted by molar-refractivity contribution is 6.01. The molecule has 0 aromatic heterocycles. The summed E-state index contributed by atoms with van der Waals surface area (Å²) in [6.07, 6.45) is 5.26. The zero-order chi connectivity index (χ0) is 19.9. The first kappa shape index (κ1) is 20.5. The first-order valence-electron chi connectivity index (χ1n) is 10.1. The molecule has 1 aliphatic heterocycles. The lowest BCUT2D eigenvalue weighted by molar-refractivity contribution is -0.118. The monoisotopic (exact) mass is 391 g/mol. The van der Waals surface area contributed by atoms with Crippen LogP contribution < -0.4 is 21.5 Å². The van der Waals surface area contributed by atoms with Crippen molar-refractivity contribution >= 4 is 17.6 Å². The average Bonchev–Trinajstić information content (AvgIpc) is 3.44. The molecule has 0 spiro atoms. The topological polar surface area (TPSA) is 85.5 Å². The highest BCUT2D eigenvalue weighted by Crippen LogP contribution is 2.29. The summed E-state index contributed by atoms with van der Waals surface area (Å²) in [5.41, 5.74) is 8.06. The molecule has 4 N–H and O–H groups in total. The van der Waals surface area contributed by atoms with Gasteiger partial charge >= 0.3 is 6.03 Å². The van der Waals surface area contributed by atoms with E-state index in [-0.39, 0.29) is 30.3 Å². The van der Waals surface area contributed by atoms with Gasteiger partial charge in [0.25, 0.3) is 0 Å². The van der Waals surface area contributed by atoms with Crippen LogP contribution in [0.25, 0.3) is 0 Å². The molecule has 1 aliphatic carbocycles. The molecule has 3 amide bonds. The molecule has 1 saturated carbocycles. The summed E-state index contributed by atoms with van der Waals surface area (Å²) in [6.45, 7) is 4.45. The van der Waals surface area contributed by atoms with Crippen LogP contribution in [0.5, 0.6) is 0 Å². The van der Waals surface area contributed by atoms with Crippen molar-refractivity contribution in [1.29, 1.82) is 0 Å². The van der Waals surface area contributed by atoms with Crippen molar-refractivity contribution in [2.45, 2.75) is 45.1 Å². The van der Waals surface area contributed by atoms with E-state index in [9.17, 15) is 14.0 Å². The number of carbonyl (C=O) groups is 2. The number of urea groups is 1. The Morgan fingerprint density at radius 1 is 1.25 bits per heavy atom. The number of anilines is 1. The zero-order valence-electron chi connectivity index (χ0n) is 16.4. The maximum absolute atomic E-state index is 13.9. The number of halogens is 1. The van der Waals surface area contributed by atoms with Gasteiger partial charge in [0.15, 0.2) is 0 Å². The maximum Gasteiger partial charge on any atom is 0.324 e. The van der Waals surface area contributed by atoms with Crippen LogP contribution >= 0.6 is 0 Å². The minimum atomic E-state index is -0.288. The summed E-state index contributed by atoms with van der Waals surface area (Å²) >= 11 is 0. The summed E-state index contributed by atoms with van der Waals surface area (Å²) in [5, 5.41) is 5.49. The SMILES string of the molecule is CC(NNCCCCCN1CC(=O)NC1=O)c1ccc(F)c(NCC2CC2)c1. The standard InChI is InChI=1S/C20H30FN5O2/c1-14(16-7-8-17(21)18(11-16)22-12-15-5-6-15)25-23-9-3-2-4-10-26-13-19(27)24-20(26)28/h7-8,11,14-15,22-23,25H,2-6,9-10,12-13H2,1H3,(H,24,27,28). The average molecular weight is 391 g/mol. The van der Waals surface area contributed by atoms with E-state index in [0.717, 1.165) is 37.9 Å². The molecule has 0 bridgehead atoms. The fraction of sp³-hybridized carbons (Fsp3) is 0.600. The third-order valence-corrected chi connectivity index (χ3v) is 5.18. The Morgan fingerprint density at radius 2 is 2.07 bits per heavy atom. The number of nitrogens with zero attached hydrogens (tertiary/aromatic N) is 1. The van der Waals surface area contributed by atoms with E-state index in [1.165, 1.54) is 18.9 Å². The van der Waals surface area contributed by atoms with Crippen molar-refractivity contribution in [3.05, 3.63) is 29.6 Å². The van der Waals surface area contributed by atoms with Crippen molar-refractivity contribution in [2.24, 2.45) is 5.92 Å². The highest BCUT2D eigenvalue weighted by Gasteiger charge is 2.25. The summed E-state index contributed by atoms with van der Waals surface area (Å²) in [4.78, 5) is 24.1. The molecular weight excluding hydrogens is 361 g/mol. The maximum atomic E-state index is 13.9. The van der Waals surface area contributed by atoms with E-state index in [1.54, 1.807) is 11.0 Å². The molecule has 3 rings (SSSR count). The Bertz CT molecular complexity index is 695. The van der Waals surface area contributed by atoms with Gasteiger partial charge in [-0.1, -0.05) is 12.5 Å². The molecule has 8 heteroatoms. The Labute approximate surface area is 165 Å². The molecule has 1 saturated heterocycles. The van der Waals surface area contributed by atoms with Crippen LogP contribution in [-0.2, 0) is 4.79 Å². The minimum Gasteiger partial charge on any atom is -0.382 e. The van der Waals surface area contributed by atoms with E-state index < -0.39 is 0 Å². The Kier molecular flexibility index (Phi) is 7.22. The number of unbranched alkanes of at least 4 members (excludes halogenated alkanes) is 2. The molecule has 2 fully saturated rings. The van der Waals surface area contributed by atoms with E-state index >= 15 is 0 Å². The predicted molar refractivity (Wildman–Crippen MR) is 106 cm³/mol. The summed E-state index contributed by atoms with van der Waals surface area (Å²) < 4.78 is 13.9. The summed E-state index contributed by atoms with van der Waals surface area (Å²) in [7, 11) is 0. The second-order valence-electron chi connectivity index (χ2n) is 7.69. The van der Waals surface area contributed by atoms with Gasteiger partial charge < -0.3 is 10.2 Å². The number of rotatable bonds is 12. The Morgan fingerprint density at radius 3 is 2.79 bits per heavy atom. The van der Waals surface area contributed by atoms with Gasteiger partial charge in [-0.3, -0.25) is 21.0 Å². The smallest absolute Gasteiger partial charge is 0.324 e. The second kappa shape index (κ2) is 9.84. The molecular formula is C20H30FN5O2. The number of imide groups is 1. The predicted octanol–water partition coefficient (Wildman–Crippen LogP) is 2.52. The number of hydrogen-bond acceptors (Lipinski definition) is 5. The summed E-state index contributed by atoms with van der Waals surface area (Å²) in [5.74, 6) is 0.259. The van der Waals surface area contributed by atoms with Crippen LogP contribution in [0.1, 0.15) is 50.6 Å². The fourth-order valence-corrected chi connectivity index (χ4v) is 3.19. The largest absolute Gasteiger partial charge is 0.382 e. The molecule has 7 nitrogen and oxygen atoms in total. The Hall–Kier alpha value is -2.19. The van der Waals surface area contributed by atoms with Crippen molar-refractivity contribution < 1.29 is 14.0 Å². The highest BCUT2D eigenvalue weighted by atomic mass is 19.1. The van der Waals surface area contributed by atoms with Gasteiger partial charge in [-0.2, -0.15) is 0 Å². The van der Waals surface area contributed by atoms with E-state index in [2.05, 4.69) is 21.5 Å². The molecule has 1 aromatic carbocycles. The van der Waals surface area contributed by atoms with Crippen molar-refractivity contribution in [1.82, 2.24) is 21.1 Å². The molecule has 2 aliphatic rings. The van der Waals surface area contributed by atoms with Crippen LogP contribution in [0, 0.1) is 11.7 Å². The van der Waals surface area contributed by atoms with Gasteiger partial charge in [-0.25, -0.2) is 9.18 Å². The molecule has 1 unspecified atom stereocenters. The molecule has 1 aromatic rings. The Balaban J connectivity index is 1.29. The number of carbonyl (C=O) groups excluding carboxylic acids is 2. The van der Waals surface area contributed by atoms with Gasteiger partial charge in [0, 0.05) is 25.7 Å². The van der Waals surface area contributed by atoms with Crippen molar-refractivity contribution in [3.8, 4) is 0 Å². The van der Waals surface area contributed by atoms with Gasteiger partial charge in [0.05, 0.1) is 5.69 Å². The van der Waals surface area contributed by atoms with E-state index in [4.69, 9.17) is 0 Å². The van der Waals surface area contributed by atoms with Gasteiger partial charge in [-0.15, -0.1) is 0 Å². The normalized spacial score (nSPS) is 17.7. The number of nitrogens with one attached hydrogen (secondary N) is 4. The zero-order valence-corrected chi connectivity index (χ0v) is 16.4. The van der Waals surface area contributed by atoms with Crippen molar-refractivity contribution in [3.63, 3.8) is 0 Å². The van der Waals surface area contributed by atoms with E-state index in [0.29, 0.717) is 18.2 Å². The molecule has 28 heavy (non-hydrogen) atoms. The first-order valence-corrected chi connectivity index (χ1v) is 10.1. The third-order valence-electron chi connectivity index (χ3n) is 5.18. The van der Waals surface area contributed by atoms with Gasteiger partial charge in [0.1, 0.15) is 12.4 Å². The van der Waals surface area contributed by atoms with E-state index in [1.807, 2.05) is 13.0 Å². The lowest BCUT2D eigenvalue weighted by Gasteiger charge is -2.17. The molecule has 0 radical (unpaired) electrons. The van der Waals surface area contributed by atoms with Crippen LogP contribution in [0.15, 0.2) is 18.2 Å².